The molecule has 0 aliphatic carbocycles. The largest absolute Gasteiger partial charge is 0.0826 e. The van der Waals surface area contributed by atoms with Crippen molar-refractivity contribution in [3.8, 4) is 0 Å². The zero-order valence-electron chi connectivity index (χ0n) is 8.09. The summed E-state index contributed by atoms with van der Waals surface area (Å²) >= 11 is 24.0. The van der Waals surface area contributed by atoms with Gasteiger partial charge in [0, 0.05) is 0 Å². The van der Waals surface area contributed by atoms with Crippen LogP contribution in [0.15, 0.2) is 6.07 Å². The van der Waals surface area contributed by atoms with Gasteiger partial charge in [-0.05, 0) is 17.0 Å². The van der Waals surface area contributed by atoms with Gasteiger partial charge in [-0.1, -0.05) is 67.2 Å². The minimum atomic E-state index is -0.178. The maximum atomic E-state index is 6.08. The molecule has 0 saturated carbocycles. The van der Waals surface area contributed by atoms with Crippen LogP contribution in [-0.4, -0.2) is 0 Å². The summed E-state index contributed by atoms with van der Waals surface area (Å²) in [6.45, 7) is 6.02. The molecule has 0 unspecified atom stereocenters. The zero-order valence-corrected chi connectivity index (χ0v) is 11.1. The van der Waals surface area contributed by atoms with E-state index >= 15 is 0 Å². The van der Waals surface area contributed by atoms with Crippen molar-refractivity contribution >= 4 is 46.4 Å². The van der Waals surface area contributed by atoms with E-state index in [0.717, 1.165) is 5.56 Å². The van der Waals surface area contributed by atoms with Crippen molar-refractivity contribution < 1.29 is 0 Å². The monoisotopic (exact) mass is 270 g/mol. The van der Waals surface area contributed by atoms with Crippen LogP contribution in [0, 0.1) is 0 Å². The molecule has 0 fully saturated rings. The second-order valence-electron chi connectivity index (χ2n) is 4.09. The van der Waals surface area contributed by atoms with Gasteiger partial charge in [-0.15, -0.1) is 0 Å². The normalized spacial score (nSPS) is 11.9. The van der Waals surface area contributed by atoms with Gasteiger partial charge in [0.15, 0.2) is 0 Å². The Morgan fingerprint density at radius 2 is 1.21 bits per heavy atom. The molecule has 0 N–H and O–H groups in total. The van der Waals surface area contributed by atoms with Crippen LogP contribution in [0.3, 0.4) is 0 Å². The highest BCUT2D eigenvalue weighted by Crippen LogP contribution is 2.42. The Balaban J connectivity index is 3.56. The van der Waals surface area contributed by atoms with Crippen LogP contribution in [0.2, 0.25) is 20.1 Å². The molecule has 1 rings (SSSR count). The van der Waals surface area contributed by atoms with Crippen LogP contribution in [0.5, 0.6) is 0 Å². The summed E-state index contributed by atoms with van der Waals surface area (Å²) in [6.07, 6.45) is 0. The van der Waals surface area contributed by atoms with E-state index in [1.807, 2.05) is 20.8 Å². The van der Waals surface area contributed by atoms with Crippen LogP contribution in [0.4, 0.5) is 0 Å². The molecule has 0 saturated heterocycles. The Hall–Kier alpha value is 0.380. The lowest BCUT2D eigenvalue weighted by atomic mass is 9.87. The van der Waals surface area contributed by atoms with Gasteiger partial charge in [0.1, 0.15) is 0 Å². The molecule has 0 spiro atoms. The Morgan fingerprint density at radius 1 is 0.857 bits per heavy atom. The standard InChI is InChI=1S/C10H10Cl4/c1-10(2,3)7-8(13)5(11)4-6(12)9(7)14/h4H,1-3H3. The first-order valence-corrected chi connectivity index (χ1v) is 5.60. The minimum Gasteiger partial charge on any atom is -0.0826 e. The van der Waals surface area contributed by atoms with Crippen molar-refractivity contribution in [3.05, 3.63) is 31.7 Å². The van der Waals surface area contributed by atoms with E-state index in [9.17, 15) is 0 Å². The first kappa shape index (κ1) is 12.4. The quantitative estimate of drug-likeness (QED) is 0.539. The van der Waals surface area contributed by atoms with Gasteiger partial charge >= 0.3 is 0 Å². The number of halogens is 4. The van der Waals surface area contributed by atoms with Gasteiger partial charge in [-0.2, -0.15) is 0 Å². The van der Waals surface area contributed by atoms with Gasteiger partial charge in [0.25, 0.3) is 0 Å². The van der Waals surface area contributed by atoms with Crippen LogP contribution in [0.25, 0.3) is 0 Å². The first-order valence-electron chi connectivity index (χ1n) is 4.08. The van der Waals surface area contributed by atoms with Crippen molar-refractivity contribution in [2.45, 2.75) is 26.2 Å². The highest BCUT2D eigenvalue weighted by molar-refractivity contribution is 6.48. The van der Waals surface area contributed by atoms with Gasteiger partial charge in [-0.25, -0.2) is 0 Å². The molecule has 0 aromatic heterocycles. The molecule has 4 heteroatoms. The molecule has 0 aliphatic heterocycles. The van der Waals surface area contributed by atoms with E-state index in [4.69, 9.17) is 46.4 Å². The first-order chi connectivity index (χ1) is 6.25. The molecule has 1 aromatic rings. The van der Waals surface area contributed by atoms with Crippen LogP contribution in [-0.2, 0) is 5.41 Å². The Labute approximate surface area is 104 Å². The fourth-order valence-electron chi connectivity index (χ4n) is 1.23. The molecular formula is C10H10Cl4. The van der Waals surface area contributed by atoms with Crippen LogP contribution >= 0.6 is 46.4 Å². The summed E-state index contributed by atoms with van der Waals surface area (Å²) in [4.78, 5) is 0. The highest BCUT2D eigenvalue weighted by atomic mass is 35.5. The molecule has 0 nitrogen and oxygen atoms in total. The number of rotatable bonds is 0. The molecule has 0 heterocycles. The molecule has 0 amide bonds. The second kappa shape index (κ2) is 4.09. The third-order valence-corrected chi connectivity index (χ3v) is 3.44. The number of hydrogen-bond donors (Lipinski definition) is 0. The smallest absolute Gasteiger partial charge is 0.0645 e. The second-order valence-corrected chi connectivity index (χ2v) is 5.66. The van der Waals surface area contributed by atoms with Crippen molar-refractivity contribution in [1.82, 2.24) is 0 Å². The fraction of sp³-hybridized carbons (Fsp3) is 0.400. The minimum absolute atomic E-state index is 0.178. The third kappa shape index (κ3) is 2.30. The molecular weight excluding hydrogens is 262 g/mol. The van der Waals surface area contributed by atoms with Gasteiger partial charge in [0.2, 0.25) is 0 Å². The molecule has 0 radical (unpaired) electrons. The molecule has 14 heavy (non-hydrogen) atoms. The lowest BCUT2D eigenvalue weighted by Crippen LogP contribution is -2.13. The fourth-order valence-corrected chi connectivity index (χ4v) is 2.61. The topological polar surface area (TPSA) is 0 Å². The summed E-state index contributed by atoms with van der Waals surface area (Å²) in [5, 5.41) is 1.83. The number of hydrogen-bond acceptors (Lipinski definition) is 0. The summed E-state index contributed by atoms with van der Waals surface area (Å²) < 4.78 is 0. The van der Waals surface area contributed by atoms with Gasteiger partial charge in [-0.3, -0.25) is 0 Å². The van der Waals surface area contributed by atoms with E-state index in [1.165, 1.54) is 0 Å². The number of benzene rings is 1. The zero-order chi connectivity index (χ0) is 11.1. The van der Waals surface area contributed by atoms with E-state index in [-0.39, 0.29) is 5.41 Å². The predicted octanol–water partition coefficient (Wildman–Crippen LogP) is 5.60. The van der Waals surface area contributed by atoms with Crippen LogP contribution in [0.1, 0.15) is 26.3 Å². The van der Waals surface area contributed by atoms with Gasteiger partial charge in [0.05, 0.1) is 20.1 Å². The van der Waals surface area contributed by atoms with Crippen molar-refractivity contribution in [2.75, 3.05) is 0 Å². The molecule has 0 bridgehead atoms. The molecule has 78 valence electrons. The Morgan fingerprint density at radius 3 is 1.50 bits per heavy atom. The van der Waals surface area contributed by atoms with E-state index < -0.39 is 0 Å². The van der Waals surface area contributed by atoms with E-state index in [0.29, 0.717) is 20.1 Å². The lowest BCUT2D eigenvalue weighted by molar-refractivity contribution is 0.591. The van der Waals surface area contributed by atoms with Gasteiger partial charge < -0.3 is 0 Å². The maximum Gasteiger partial charge on any atom is 0.0645 e. The Bertz CT molecular complexity index is 337. The summed E-state index contributed by atoms with van der Waals surface area (Å²) in [7, 11) is 0. The van der Waals surface area contributed by atoms with Crippen LogP contribution < -0.4 is 0 Å². The third-order valence-electron chi connectivity index (χ3n) is 1.86. The molecule has 0 aliphatic rings. The van der Waals surface area contributed by atoms with E-state index in [2.05, 4.69) is 0 Å². The lowest BCUT2D eigenvalue weighted by Gasteiger charge is -2.23. The highest BCUT2D eigenvalue weighted by Gasteiger charge is 2.24. The summed E-state index contributed by atoms with van der Waals surface area (Å²) in [6, 6.07) is 1.56. The summed E-state index contributed by atoms with van der Waals surface area (Å²) in [5.74, 6) is 0. The molecule has 1 aromatic carbocycles. The average molecular weight is 272 g/mol. The van der Waals surface area contributed by atoms with E-state index in [1.54, 1.807) is 6.07 Å². The molecule has 0 atom stereocenters. The predicted molar refractivity (Wildman–Crippen MR) is 65.2 cm³/mol. The van der Waals surface area contributed by atoms with Crippen molar-refractivity contribution in [2.24, 2.45) is 0 Å². The summed E-state index contributed by atoms with van der Waals surface area (Å²) in [5.41, 5.74) is 0.612. The SMILES string of the molecule is CC(C)(C)c1c(Cl)c(Cl)cc(Cl)c1Cl. The van der Waals surface area contributed by atoms with Crippen molar-refractivity contribution in [1.29, 1.82) is 0 Å². The Kier molecular flexibility index (Phi) is 3.64. The van der Waals surface area contributed by atoms with Crippen molar-refractivity contribution in [3.63, 3.8) is 0 Å². The maximum absolute atomic E-state index is 6.08. The average Bonchev–Trinajstić information content (AvgIpc) is 1.98.